The second kappa shape index (κ2) is 8.73. The van der Waals surface area contributed by atoms with Gasteiger partial charge >= 0.3 is 0 Å². The highest BCUT2D eigenvalue weighted by atomic mass is 32.1. The molecule has 0 saturated carbocycles. The molecule has 1 fully saturated rings. The van der Waals surface area contributed by atoms with Crippen molar-refractivity contribution in [3.63, 3.8) is 0 Å². The van der Waals surface area contributed by atoms with Gasteiger partial charge in [-0.25, -0.2) is 0 Å². The van der Waals surface area contributed by atoms with Crippen LogP contribution in [0.4, 0.5) is 5.69 Å². The fraction of sp³-hybridized carbons (Fsp3) is 0.241. The summed E-state index contributed by atoms with van der Waals surface area (Å²) in [6.45, 7) is 10.9. The monoisotopic (exact) mass is 466 g/mol. The van der Waals surface area contributed by atoms with Crippen LogP contribution in [0.15, 0.2) is 72.9 Å². The van der Waals surface area contributed by atoms with E-state index in [2.05, 4.69) is 104 Å². The Bertz CT molecular complexity index is 1340. The van der Waals surface area contributed by atoms with Crippen LogP contribution in [-0.4, -0.2) is 14.7 Å². The van der Waals surface area contributed by atoms with Crippen LogP contribution in [0, 0.1) is 34.6 Å². The number of aryl methyl sites for hydroxylation is 2. The molecular formula is C29H30N4S. The summed E-state index contributed by atoms with van der Waals surface area (Å²) in [4.78, 5) is 7.02. The van der Waals surface area contributed by atoms with Crippen molar-refractivity contribution in [3.8, 4) is 5.69 Å². The molecule has 1 saturated heterocycles. The molecule has 0 bridgehead atoms. The van der Waals surface area contributed by atoms with E-state index in [1.165, 1.54) is 39.3 Å². The van der Waals surface area contributed by atoms with Crippen molar-refractivity contribution in [3.05, 3.63) is 112 Å². The molecule has 4 nitrogen and oxygen atoms in total. The molecule has 4 aromatic rings. The maximum absolute atomic E-state index is 5.96. The molecule has 0 radical (unpaired) electrons. The first-order valence-electron chi connectivity index (χ1n) is 11.7. The van der Waals surface area contributed by atoms with Crippen LogP contribution in [0.25, 0.3) is 5.69 Å². The average molecular weight is 467 g/mol. The second-order valence-corrected chi connectivity index (χ2v) is 9.61. The lowest BCUT2D eigenvalue weighted by molar-refractivity contribution is 0.563. The molecule has 172 valence electrons. The van der Waals surface area contributed by atoms with Crippen molar-refractivity contribution >= 4 is 23.0 Å². The van der Waals surface area contributed by atoms with E-state index in [4.69, 9.17) is 17.2 Å². The van der Waals surface area contributed by atoms with Gasteiger partial charge in [0.2, 0.25) is 0 Å². The minimum absolute atomic E-state index is 0.0211. The van der Waals surface area contributed by atoms with Gasteiger partial charge < -0.3 is 14.8 Å². The number of rotatable bonds is 4. The summed E-state index contributed by atoms with van der Waals surface area (Å²) in [6, 6.07) is 23.2. The first-order chi connectivity index (χ1) is 16.4. The molecule has 1 aliphatic heterocycles. The summed E-state index contributed by atoms with van der Waals surface area (Å²) in [5.41, 5.74) is 10.8. The van der Waals surface area contributed by atoms with Crippen molar-refractivity contribution in [1.82, 2.24) is 14.9 Å². The highest BCUT2D eigenvalue weighted by Gasteiger charge is 2.43. The number of para-hydroxylation sites is 1. The third-order valence-electron chi connectivity index (χ3n) is 6.90. The first kappa shape index (κ1) is 22.4. The largest absolute Gasteiger partial charge is 0.351 e. The highest BCUT2D eigenvalue weighted by Crippen LogP contribution is 2.45. The lowest BCUT2D eigenvalue weighted by Gasteiger charge is -2.29. The van der Waals surface area contributed by atoms with Gasteiger partial charge in [0.25, 0.3) is 0 Å². The lowest BCUT2D eigenvalue weighted by atomic mass is 9.93. The van der Waals surface area contributed by atoms with Crippen LogP contribution >= 0.6 is 12.2 Å². The second-order valence-electron chi connectivity index (χ2n) is 9.22. The first-order valence-corrected chi connectivity index (χ1v) is 12.1. The number of nitrogens with one attached hydrogen (secondary N) is 1. The Morgan fingerprint density at radius 1 is 0.794 bits per heavy atom. The van der Waals surface area contributed by atoms with Gasteiger partial charge in [-0.15, -0.1) is 0 Å². The van der Waals surface area contributed by atoms with Crippen LogP contribution in [0.3, 0.4) is 0 Å². The molecule has 2 atom stereocenters. The maximum Gasteiger partial charge on any atom is 0.174 e. The van der Waals surface area contributed by atoms with Crippen molar-refractivity contribution in [2.24, 2.45) is 0 Å². The summed E-state index contributed by atoms with van der Waals surface area (Å²) in [5.74, 6) is 0. The summed E-state index contributed by atoms with van der Waals surface area (Å²) in [5, 5.41) is 4.35. The zero-order valence-electron chi connectivity index (χ0n) is 20.3. The number of benzene rings is 2. The van der Waals surface area contributed by atoms with Gasteiger partial charge in [0.15, 0.2) is 5.11 Å². The van der Waals surface area contributed by atoms with Crippen LogP contribution in [0.2, 0.25) is 0 Å². The number of hydrogen-bond donors (Lipinski definition) is 1. The third-order valence-corrected chi connectivity index (χ3v) is 7.21. The zero-order valence-corrected chi connectivity index (χ0v) is 21.1. The molecule has 0 spiro atoms. The Morgan fingerprint density at radius 3 is 2.12 bits per heavy atom. The van der Waals surface area contributed by atoms with Crippen molar-refractivity contribution < 1.29 is 0 Å². The number of pyridine rings is 1. The lowest BCUT2D eigenvalue weighted by Crippen LogP contribution is -2.30. The SMILES string of the molecule is Cc1cc(C)cc(N2C(=S)N[C@@H](c3ccccn3)[C@H]2c2c(C)c(C)n(-c3ccccc3)c2C)c1. The molecule has 3 heterocycles. The van der Waals surface area contributed by atoms with Gasteiger partial charge in [-0.1, -0.05) is 30.3 Å². The Balaban J connectivity index is 1.75. The minimum atomic E-state index is -0.0575. The van der Waals surface area contributed by atoms with Crippen LogP contribution in [-0.2, 0) is 0 Å². The van der Waals surface area contributed by atoms with Gasteiger partial charge in [-0.05, 0) is 99.9 Å². The number of aromatic nitrogens is 2. The summed E-state index contributed by atoms with van der Waals surface area (Å²) >= 11 is 5.96. The maximum atomic E-state index is 5.96. The van der Waals surface area contributed by atoms with Crippen molar-refractivity contribution in [1.29, 1.82) is 0 Å². The van der Waals surface area contributed by atoms with E-state index in [0.717, 1.165) is 16.5 Å². The Labute approximate surface area is 207 Å². The van der Waals surface area contributed by atoms with E-state index in [1.54, 1.807) is 0 Å². The van der Waals surface area contributed by atoms with E-state index in [1.807, 2.05) is 18.3 Å². The molecule has 5 heteroatoms. The van der Waals surface area contributed by atoms with E-state index < -0.39 is 0 Å². The molecule has 1 aliphatic rings. The predicted octanol–water partition coefficient (Wildman–Crippen LogP) is 6.59. The molecule has 34 heavy (non-hydrogen) atoms. The quantitative estimate of drug-likeness (QED) is 0.344. The number of nitrogens with zero attached hydrogens (tertiary/aromatic N) is 3. The molecule has 0 aliphatic carbocycles. The fourth-order valence-corrected chi connectivity index (χ4v) is 5.77. The normalized spacial score (nSPS) is 17.8. The topological polar surface area (TPSA) is 33.1 Å². The van der Waals surface area contributed by atoms with E-state index in [9.17, 15) is 0 Å². The fourth-order valence-electron chi connectivity index (χ4n) is 5.42. The van der Waals surface area contributed by atoms with Gasteiger partial charge in [0.1, 0.15) is 0 Å². The molecular weight excluding hydrogens is 436 g/mol. The molecule has 1 N–H and O–H groups in total. The van der Waals surface area contributed by atoms with E-state index in [-0.39, 0.29) is 12.1 Å². The van der Waals surface area contributed by atoms with E-state index >= 15 is 0 Å². The van der Waals surface area contributed by atoms with Crippen molar-refractivity contribution in [2.75, 3.05) is 4.90 Å². The van der Waals surface area contributed by atoms with Crippen LogP contribution in [0.5, 0.6) is 0 Å². The molecule has 0 unspecified atom stereocenters. The Kier molecular flexibility index (Phi) is 5.74. The van der Waals surface area contributed by atoms with Gasteiger partial charge in [-0.2, -0.15) is 0 Å². The molecule has 2 aromatic carbocycles. The zero-order chi connectivity index (χ0) is 24.0. The van der Waals surface area contributed by atoms with Crippen LogP contribution in [0.1, 0.15) is 51.4 Å². The Hall–Kier alpha value is -3.44. The highest BCUT2D eigenvalue weighted by molar-refractivity contribution is 7.80. The van der Waals surface area contributed by atoms with Crippen LogP contribution < -0.4 is 10.2 Å². The summed E-state index contributed by atoms with van der Waals surface area (Å²) in [6.07, 6.45) is 1.86. The number of thiocarbonyl (C=S) groups is 1. The summed E-state index contributed by atoms with van der Waals surface area (Å²) in [7, 11) is 0. The van der Waals surface area contributed by atoms with Gasteiger partial charge in [-0.3, -0.25) is 4.98 Å². The van der Waals surface area contributed by atoms with Gasteiger partial charge in [0.05, 0.1) is 17.8 Å². The number of anilines is 1. The average Bonchev–Trinajstić information content (AvgIpc) is 3.26. The summed E-state index contributed by atoms with van der Waals surface area (Å²) < 4.78 is 2.36. The Morgan fingerprint density at radius 2 is 1.47 bits per heavy atom. The minimum Gasteiger partial charge on any atom is -0.351 e. The molecule has 0 amide bonds. The smallest absolute Gasteiger partial charge is 0.174 e. The number of hydrogen-bond acceptors (Lipinski definition) is 2. The molecule has 5 rings (SSSR count). The predicted molar refractivity (Wildman–Crippen MR) is 144 cm³/mol. The molecule has 2 aromatic heterocycles. The van der Waals surface area contributed by atoms with Gasteiger partial charge in [0, 0.05) is 34.5 Å². The standard InChI is InChI=1S/C29H30N4S/c1-18-15-19(2)17-24(16-18)33-28(27(31-29(33)34)25-13-9-10-14-30-25)26-20(3)21(4)32(22(26)5)23-11-7-6-8-12-23/h6-17,27-28H,1-5H3,(H,31,34)/t27-,28+/m0/s1. The van der Waals surface area contributed by atoms with E-state index in [0.29, 0.717) is 0 Å². The third kappa shape index (κ3) is 3.70. The van der Waals surface area contributed by atoms with Crippen molar-refractivity contribution in [2.45, 2.75) is 46.7 Å².